The Balaban J connectivity index is 1.32. The summed E-state index contributed by atoms with van der Waals surface area (Å²) in [6.07, 6.45) is 4.11. The van der Waals surface area contributed by atoms with Crippen molar-refractivity contribution in [3.05, 3.63) is 101 Å². The van der Waals surface area contributed by atoms with Crippen LogP contribution in [-0.4, -0.2) is 32.7 Å². The number of fused-ring (bicyclic) bond motifs is 3. The first-order chi connectivity index (χ1) is 18.2. The minimum atomic E-state index is -4.31. The molecule has 4 aromatic carbocycles. The molecule has 0 bridgehead atoms. The first kappa shape index (κ1) is 26.4. The SMILES string of the molecule is Cc1cccc(Cl)c1CC(=S)CN=Cc1ccc2c(ccc3c2ncn3-c2ccc(SC(F)(F)F)cc2)c1. The van der Waals surface area contributed by atoms with E-state index in [9.17, 15) is 13.2 Å². The molecule has 1 aromatic heterocycles. The van der Waals surface area contributed by atoms with Crippen LogP contribution < -0.4 is 0 Å². The first-order valence-electron chi connectivity index (χ1n) is 11.7. The molecular weight excluding hydrogens is 547 g/mol. The summed E-state index contributed by atoms with van der Waals surface area (Å²) in [7, 11) is 0. The zero-order valence-corrected chi connectivity index (χ0v) is 22.6. The second kappa shape index (κ2) is 10.9. The molecule has 0 spiro atoms. The van der Waals surface area contributed by atoms with Crippen LogP contribution in [0.25, 0.3) is 27.5 Å². The van der Waals surface area contributed by atoms with Gasteiger partial charge in [0, 0.05) is 38.5 Å². The molecule has 0 N–H and O–H groups in total. The van der Waals surface area contributed by atoms with E-state index in [2.05, 4.69) is 9.98 Å². The van der Waals surface area contributed by atoms with Gasteiger partial charge in [0.1, 0.15) is 6.33 Å². The second-order valence-electron chi connectivity index (χ2n) is 8.79. The van der Waals surface area contributed by atoms with Gasteiger partial charge in [0.25, 0.3) is 0 Å². The van der Waals surface area contributed by atoms with Crippen molar-refractivity contribution in [2.24, 2.45) is 4.99 Å². The third-order valence-electron chi connectivity index (χ3n) is 6.14. The normalized spacial score (nSPS) is 12.1. The van der Waals surface area contributed by atoms with Gasteiger partial charge in [0.15, 0.2) is 0 Å². The van der Waals surface area contributed by atoms with Gasteiger partial charge in [-0.2, -0.15) is 13.2 Å². The average molecular weight is 568 g/mol. The summed E-state index contributed by atoms with van der Waals surface area (Å²) in [6.45, 7) is 2.46. The maximum absolute atomic E-state index is 12.6. The number of rotatable bonds is 7. The summed E-state index contributed by atoms with van der Waals surface area (Å²) in [4.78, 5) is 10.1. The van der Waals surface area contributed by atoms with E-state index in [0.717, 1.165) is 54.1 Å². The van der Waals surface area contributed by atoms with E-state index in [0.29, 0.717) is 13.0 Å². The third-order valence-corrected chi connectivity index (χ3v) is 7.51. The largest absolute Gasteiger partial charge is 0.446 e. The van der Waals surface area contributed by atoms with Crippen LogP contribution in [0.4, 0.5) is 13.2 Å². The maximum Gasteiger partial charge on any atom is 0.446 e. The molecule has 0 radical (unpaired) electrons. The molecule has 9 heteroatoms. The summed E-state index contributed by atoms with van der Waals surface area (Å²) in [5.74, 6) is 0. The minimum Gasteiger partial charge on any atom is -0.299 e. The molecule has 0 amide bonds. The zero-order chi connectivity index (χ0) is 26.9. The van der Waals surface area contributed by atoms with Crippen molar-refractivity contribution >= 4 is 68.5 Å². The Labute approximate surface area is 232 Å². The van der Waals surface area contributed by atoms with Crippen molar-refractivity contribution in [1.29, 1.82) is 0 Å². The second-order valence-corrected chi connectivity index (χ2v) is 10.9. The highest BCUT2D eigenvalue weighted by Crippen LogP contribution is 2.37. The molecule has 0 saturated carbocycles. The van der Waals surface area contributed by atoms with Crippen LogP contribution in [0.2, 0.25) is 5.02 Å². The van der Waals surface area contributed by atoms with Crippen LogP contribution in [0.5, 0.6) is 0 Å². The zero-order valence-electron chi connectivity index (χ0n) is 20.2. The van der Waals surface area contributed by atoms with Crippen molar-refractivity contribution in [3.8, 4) is 5.69 Å². The van der Waals surface area contributed by atoms with Gasteiger partial charge >= 0.3 is 5.51 Å². The van der Waals surface area contributed by atoms with Gasteiger partial charge in [-0.15, -0.1) is 0 Å². The Morgan fingerprint density at radius 2 is 1.87 bits per heavy atom. The van der Waals surface area contributed by atoms with E-state index in [4.69, 9.17) is 23.8 Å². The molecule has 5 rings (SSSR count). The lowest BCUT2D eigenvalue weighted by atomic mass is 10.0. The molecule has 0 unspecified atom stereocenters. The molecule has 192 valence electrons. The van der Waals surface area contributed by atoms with Gasteiger partial charge in [-0.05, 0) is 83.2 Å². The number of hydrogen-bond acceptors (Lipinski definition) is 4. The predicted octanol–water partition coefficient (Wildman–Crippen LogP) is 8.78. The summed E-state index contributed by atoms with van der Waals surface area (Å²) >= 11 is 11.7. The predicted molar refractivity (Wildman–Crippen MR) is 155 cm³/mol. The van der Waals surface area contributed by atoms with E-state index < -0.39 is 5.51 Å². The van der Waals surface area contributed by atoms with Crippen LogP contribution in [0.3, 0.4) is 0 Å². The molecule has 0 saturated heterocycles. The highest BCUT2D eigenvalue weighted by molar-refractivity contribution is 8.00. The molecule has 0 fully saturated rings. The molecule has 0 aliphatic carbocycles. The standard InChI is InChI=1S/C29H21ClF3N3S2/c1-18-3-2-4-26(30)25(18)14-22(37)16-34-15-19-5-11-24-20(13-19)6-12-27-28(24)35-17-36(27)21-7-9-23(10-8-21)38-29(31,32)33/h2-13,15,17H,14,16H2,1H3. The van der Waals surface area contributed by atoms with Crippen molar-refractivity contribution < 1.29 is 13.2 Å². The smallest absolute Gasteiger partial charge is 0.299 e. The van der Waals surface area contributed by atoms with E-state index >= 15 is 0 Å². The first-order valence-corrected chi connectivity index (χ1v) is 13.3. The number of aliphatic imine (C=N–C) groups is 1. The van der Waals surface area contributed by atoms with Crippen molar-refractivity contribution in [1.82, 2.24) is 9.55 Å². The summed E-state index contributed by atoms with van der Waals surface area (Å²) < 4.78 is 39.8. The number of thioether (sulfide) groups is 1. The Morgan fingerprint density at radius 1 is 1.08 bits per heavy atom. The van der Waals surface area contributed by atoms with E-state index in [1.54, 1.807) is 18.5 Å². The molecule has 0 atom stereocenters. The minimum absolute atomic E-state index is 0.126. The van der Waals surface area contributed by atoms with Gasteiger partial charge in [-0.25, -0.2) is 4.98 Å². The van der Waals surface area contributed by atoms with Crippen LogP contribution in [0, 0.1) is 6.92 Å². The van der Waals surface area contributed by atoms with Gasteiger partial charge in [-0.3, -0.25) is 9.56 Å². The molecule has 1 heterocycles. The lowest BCUT2D eigenvalue weighted by Crippen LogP contribution is -2.06. The lowest BCUT2D eigenvalue weighted by Gasteiger charge is -2.08. The molecule has 0 aliphatic heterocycles. The maximum atomic E-state index is 12.6. The number of imidazole rings is 1. The number of aryl methyl sites for hydroxylation is 1. The van der Waals surface area contributed by atoms with Crippen LogP contribution in [0.1, 0.15) is 16.7 Å². The Morgan fingerprint density at radius 3 is 2.61 bits per heavy atom. The topological polar surface area (TPSA) is 30.2 Å². The number of benzene rings is 4. The Hall–Kier alpha value is -3.20. The fourth-order valence-electron chi connectivity index (χ4n) is 4.32. The number of hydrogen-bond donors (Lipinski definition) is 0. The van der Waals surface area contributed by atoms with E-state index in [1.165, 1.54) is 12.1 Å². The Kier molecular flexibility index (Phi) is 7.56. The van der Waals surface area contributed by atoms with Crippen molar-refractivity contribution in [2.75, 3.05) is 6.54 Å². The summed E-state index contributed by atoms with van der Waals surface area (Å²) in [5, 5.41) is 2.71. The summed E-state index contributed by atoms with van der Waals surface area (Å²) in [5.41, 5.74) is 1.22. The van der Waals surface area contributed by atoms with Gasteiger partial charge < -0.3 is 0 Å². The van der Waals surface area contributed by atoms with Crippen molar-refractivity contribution in [2.45, 2.75) is 23.7 Å². The molecular formula is C29H21ClF3N3S2. The number of nitrogens with zero attached hydrogens (tertiary/aromatic N) is 3. The number of thiocarbonyl (C=S) groups is 1. The van der Waals surface area contributed by atoms with Crippen molar-refractivity contribution in [3.63, 3.8) is 0 Å². The fraction of sp³-hybridized carbons (Fsp3) is 0.138. The van der Waals surface area contributed by atoms with Gasteiger partial charge in [-0.1, -0.05) is 54.2 Å². The molecule has 0 aliphatic rings. The van der Waals surface area contributed by atoms with Crippen LogP contribution in [-0.2, 0) is 6.42 Å². The highest BCUT2D eigenvalue weighted by atomic mass is 35.5. The average Bonchev–Trinajstić information content (AvgIpc) is 3.30. The van der Waals surface area contributed by atoms with Crippen LogP contribution >= 0.6 is 35.6 Å². The molecule has 3 nitrogen and oxygen atoms in total. The van der Waals surface area contributed by atoms with Gasteiger partial charge in [0.05, 0.1) is 17.6 Å². The molecule has 38 heavy (non-hydrogen) atoms. The quantitative estimate of drug-likeness (QED) is 0.112. The van der Waals surface area contributed by atoms with Crippen LogP contribution in [0.15, 0.2) is 89.0 Å². The molecule has 5 aromatic rings. The lowest BCUT2D eigenvalue weighted by molar-refractivity contribution is -0.0328. The fourth-order valence-corrected chi connectivity index (χ4v) is 5.37. The van der Waals surface area contributed by atoms with E-state index in [-0.39, 0.29) is 16.7 Å². The third kappa shape index (κ3) is 5.93. The highest BCUT2D eigenvalue weighted by Gasteiger charge is 2.29. The van der Waals surface area contributed by atoms with Gasteiger partial charge in [0.2, 0.25) is 0 Å². The monoisotopic (exact) mass is 567 g/mol. The number of aromatic nitrogens is 2. The Bertz CT molecular complexity index is 1650. The summed E-state index contributed by atoms with van der Waals surface area (Å²) in [6, 6.07) is 22.1. The van der Waals surface area contributed by atoms with E-state index in [1.807, 2.05) is 66.2 Å². The number of halogens is 4. The number of alkyl halides is 3.